The van der Waals surface area contributed by atoms with E-state index in [4.69, 9.17) is 11.6 Å². The zero-order valence-corrected chi connectivity index (χ0v) is 13.1. The van der Waals surface area contributed by atoms with Crippen LogP contribution < -0.4 is 0 Å². The van der Waals surface area contributed by atoms with Crippen molar-refractivity contribution in [3.8, 4) is 0 Å². The number of likely N-dealkylation sites (tertiary alicyclic amines) is 1. The maximum Gasteiger partial charge on any atom is 0.226 e. The molecule has 1 saturated heterocycles. The van der Waals surface area contributed by atoms with Crippen LogP contribution in [0.4, 0.5) is 0 Å². The fourth-order valence-corrected chi connectivity index (χ4v) is 3.51. The number of amides is 1. The van der Waals surface area contributed by atoms with E-state index < -0.39 is 0 Å². The Labute approximate surface area is 130 Å². The van der Waals surface area contributed by atoms with Gasteiger partial charge >= 0.3 is 0 Å². The molecule has 2 aliphatic rings. The third-order valence-electron chi connectivity index (χ3n) is 4.86. The third-order valence-corrected chi connectivity index (χ3v) is 5.11. The lowest BCUT2D eigenvalue weighted by atomic mass is 9.93. The molecule has 1 saturated carbocycles. The lowest BCUT2D eigenvalue weighted by molar-refractivity contribution is -0.135. The molecule has 0 aromatic heterocycles. The number of halogens is 1. The minimum Gasteiger partial charge on any atom is -0.393 e. The average Bonchev–Trinajstić information content (AvgIpc) is 3.28. The zero-order chi connectivity index (χ0) is 15.0. The molecule has 1 aliphatic heterocycles. The molecule has 3 nitrogen and oxygen atoms in total. The van der Waals surface area contributed by atoms with Crippen molar-refractivity contribution in [2.45, 2.75) is 38.2 Å². The van der Waals surface area contributed by atoms with Crippen molar-refractivity contribution in [1.29, 1.82) is 0 Å². The van der Waals surface area contributed by atoms with E-state index in [1.165, 1.54) is 5.56 Å². The smallest absolute Gasteiger partial charge is 0.226 e. The predicted molar refractivity (Wildman–Crippen MR) is 83.3 cm³/mol. The SMILES string of the molecule is CC(O)C1CCCN(C(=O)C2CC2c2ccc(Cl)cc2)C1. The van der Waals surface area contributed by atoms with Crippen molar-refractivity contribution in [2.75, 3.05) is 13.1 Å². The Morgan fingerprint density at radius 3 is 2.76 bits per heavy atom. The van der Waals surface area contributed by atoms with Gasteiger partial charge in [0.15, 0.2) is 0 Å². The Balaban J connectivity index is 1.61. The number of hydrogen-bond acceptors (Lipinski definition) is 2. The molecule has 1 aliphatic carbocycles. The summed E-state index contributed by atoms with van der Waals surface area (Å²) in [7, 11) is 0. The minimum absolute atomic E-state index is 0.124. The number of hydrogen-bond donors (Lipinski definition) is 1. The molecule has 1 N–H and O–H groups in total. The number of benzene rings is 1. The first-order chi connectivity index (χ1) is 10.1. The van der Waals surface area contributed by atoms with Gasteiger partial charge in [-0.05, 0) is 49.8 Å². The largest absolute Gasteiger partial charge is 0.393 e. The second-order valence-electron chi connectivity index (χ2n) is 6.43. The fraction of sp³-hybridized carbons (Fsp3) is 0.588. The van der Waals surface area contributed by atoms with E-state index in [1.54, 1.807) is 0 Å². The molecule has 114 valence electrons. The Bertz CT molecular complexity index is 514. The van der Waals surface area contributed by atoms with Gasteiger partial charge in [0.25, 0.3) is 0 Å². The highest BCUT2D eigenvalue weighted by atomic mass is 35.5. The molecular weight excluding hydrogens is 286 g/mol. The van der Waals surface area contributed by atoms with Crippen molar-refractivity contribution >= 4 is 17.5 Å². The monoisotopic (exact) mass is 307 g/mol. The summed E-state index contributed by atoms with van der Waals surface area (Å²) in [6, 6.07) is 7.83. The molecule has 0 spiro atoms. The maximum atomic E-state index is 12.6. The molecule has 1 amide bonds. The molecule has 0 radical (unpaired) electrons. The van der Waals surface area contributed by atoms with Gasteiger partial charge in [0.05, 0.1) is 6.10 Å². The van der Waals surface area contributed by atoms with Crippen molar-refractivity contribution in [3.63, 3.8) is 0 Å². The summed E-state index contributed by atoms with van der Waals surface area (Å²) in [6.45, 7) is 3.37. The number of aliphatic hydroxyl groups is 1. The van der Waals surface area contributed by atoms with Crippen LogP contribution in [0.5, 0.6) is 0 Å². The first-order valence-electron chi connectivity index (χ1n) is 7.78. The van der Waals surface area contributed by atoms with Gasteiger partial charge in [-0.15, -0.1) is 0 Å². The van der Waals surface area contributed by atoms with Crippen LogP contribution in [0.2, 0.25) is 5.02 Å². The van der Waals surface area contributed by atoms with Gasteiger partial charge in [-0.1, -0.05) is 23.7 Å². The van der Waals surface area contributed by atoms with E-state index in [0.717, 1.165) is 30.8 Å². The summed E-state index contributed by atoms with van der Waals surface area (Å²) < 4.78 is 0. The molecule has 3 rings (SSSR count). The summed E-state index contributed by atoms with van der Waals surface area (Å²) in [4.78, 5) is 14.6. The summed E-state index contributed by atoms with van der Waals surface area (Å²) in [6.07, 6.45) is 2.63. The van der Waals surface area contributed by atoms with Crippen LogP contribution in [-0.2, 0) is 4.79 Å². The van der Waals surface area contributed by atoms with Gasteiger partial charge < -0.3 is 10.0 Å². The van der Waals surface area contributed by atoms with Crippen LogP contribution >= 0.6 is 11.6 Å². The first kappa shape index (κ1) is 14.9. The molecular formula is C17H22ClNO2. The van der Waals surface area contributed by atoms with Crippen molar-refractivity contribution in [1.82, 2.24) is 4.90 Å². The lowest BCUT2D eigenvalue weighted by Crippen LogP contribution is -2.43. The van der Waals surface area contributed by atoms with E-state index >= 15 is 0 Å². The van der Waals surface area contributed by atoms with E-state index in [2.05, 4.69) is 0 Å². The number of aliphatic hydroxyl groups excluding tert-OH is 1. The highest BCUT2D eigenvalue weighted by molar-refractivity contribution is 6.30. The van der Waals surface area contributed by atoms with Crippen molar-refractivity contribution < 1.29 is 9.90 Å². The number of carbonyl (C=O) groups is 1. The van der Waals surface area contributed by atoms with Crippen LogP contribution in [0.15, 0.2) is 24.3 Å². The van der Waals surface area contributed by atoms with Crippen LogP contribution in [0.3, 0.4) is 0 Å². The molecule has 4 atom stereocenters. The molecule has 1 heterocycles. The molecule has 21 heavy (non-hydrogen) atoms. The molecule has 0 bridgehead atoms. The average molecular weight is 308 g/mol. The zero-order valence-electron chi connectivity index (χ0n) is 12.3. The third kappa shape index (κ3) is 3.24. The molecule has 1 aromatic carbocycles. The Morgan fingerprint density at radius 2 is 2.10 bits per heavy atom. The topological polar surface area (TPSA) is 40.5 Å². The van der Waals surface area contributed by atoms with Gasteiger partial charge in [0, 0.05) is 29.9 Å². The van der Waals surface area contributed by atoms with Gasteiger partial charge in [-0.3, -0.25) is 4.79 Å². The minimum atomic E-state index is -0.327. The Kier molecular flexibility index (Phi) is 4.23. The molecule has 4 unspecified atom stereocenters. The van der Waals surface area contributed by atoms with Gasteiger partial charge in [0.2, 0.25) is 5.91 Å². The summed E-state index contributed by atoms with van der Waals surface area (Å²) >= 11 is 5.90. The van der Waals surface area contributed by atoms with Crippen LogP contribution in [-0.4, -0.2) is 35.1 Å². The van der Waals surface area contributed by atoms with E-state index in [1.807, 2.05) is 36.1 Å². The number of nitrogens with zero attached hydrogens (tertiary/aromatic N) is 1. The molecule has 1 aromatic rings. The van der Waals surface area contributed by atoms with Crippen molar-refractivity contribution in [2.24, 2.45) is 11.8 Å². The number of rotatable bonds is 3. The van der Waals surface area contributed by atoms with Gasteiger partial charge in [-0.2, -0.15) is 0 Å². The van der Waals surface area contributed by atoms with Crippen molar-refractivity contribution in [3.05, 3.63) is 34.9 Å². The second-order valence-corrected chi connectivity index (χ2v) is 6.86. The quantitative estimate of drug-likeness (QED) is 0.932. The van der Waals surface area contributed by atoms with E-state index in [0.29, 0.717) is 12.5 Å². The maximum absolute atomic E-state index is 12.6. The highest BCUT2D eigenvalue weighted by Gasteiger charge is 2.46. The molecule has 4 heteroatoms. The standard InChI is InChI=1S/C17H22ClNO2/c1-11(20)13-3-2-8-19(10-13)17(21)16-9-15(16)12-4-6-14(18)7-5-12/h4-7,11,13,15-16,20H,2-3,8-10H2,1H3. The highest BCUT2D eigenvalue weighted by Crippen LogP contribution is 2.49. The Morgan fingerprint density at radius 1 is 1.38 bits per heavy atom. The van der Waals surface area contributed by atoms with Gasteiger partial charge in [-0.25, -0.2) is 0 Å². The predicted octanol–water partition coefficient (Wildman–Crippen LogP) is 3.06. The van der Waals surface area contributed by atoms with E-state index in [-0.39, 0.29) is 23.8 Å². The normalized spacial score (nSPS) is 30.0. The lowest BCUT2D eigenvalue weighted by Gasteiger charge is -2.34. The van der Waals surface area contributed by atoms with Crippen LogP contribution in [0.1, 0.15) is 37.7 Å². The fourth-order valence-electron chi connectivity index (χ4n) is 3.38. The molecule has 2 fully saturated rings. The summed E-state index contributed by atoms with van der Waals surface area (Å²) in [5.41, 5.74) is 1.21. The second kappa shape index (κ2) is 5.98. The van der Waals surface area contributed by atoms with Crippen LogP contribution in [0, 0.1) is 11.8 Å². The number of carbonyl (C=O) groups excluding carboxylic acids is 1. The first-order valence-corrected chi connectivity index (χ1v) is 8.16. The van der Waals surface area contributed by atoms with Gasteiger partial charge in [0.1, 0.15) is 0 Å². The summed E-state index contributed by atoms with van der Waals surface area (Å²) in [5, 5.41) is 10.5. The summed E-state index contributed by atoms with van der Waals surface area (Å²) in [5.74, 6) is 0.969. The number of piperidine rings is 1. The Hall–Kier alpha value is -1.06. The van der Waals surface area contributed by atoms with Crippen LogP contribution in [0.25, 0.3) is 0 Å². The van der Waals surface area contributed by atoms with E-state index in [9.17, 15) is 9.90 Å².